The van der Waals surface area contributed by atoms with Crippen LogP contribution in [0, 0.1) is 0 Å². The number of sulfone groups is 1. The second-order valence-corrected chi connectivity index (χ2v) is 7.04. The molecule has 6 heteroatoms. The van der Waals surface area contributed by atoms with Crippen LogP contribution in [-0.4, -0.2) is 44.8 Å². The van der Waals surface area contributed by atoms with Gasteiger partial charge in [-0.2, -0.15) is 0 Å². The summed E-state index contributed by atoms with van der Waals surface area (Å²) in [4.78, 5) is 0. The molecule has 3 unspecified atom stereocenters. The first-order valence-electron chi connectivity index (χ1n) is 6.02. The molecule has 1 aromatic carbocycles. The first-order chi connectivity index (χ1) is 8.81. The van der Waals surface area contributed by atoms with Crippen molar-refractivity contribution in [3.8, 4) is 5.75 Å². The van der Waals surface area contributed by atoms with Crippen LogP contribution in [0.3, 0.4) is 0 Å². The Labute approximate surface area is 114 Å². The highest BCUT2D eigenvalue weighted by molar-refractivity contribution is 7.91. The van der Waals surface area contributed by atoms with Crippen LogP contribution in [0.2, 0.25) is 0 Å². The molecule has 0 saturated carbocycles. The minimum Gasteiger partial charge on any atom is -0.497 e. The van der Waals surface area contributed by atoms with Gasteiger partial charge in [0.1, 0.15) is 5.75 Å². The highest BCUT2D eigenvalue weighted by atomic mass is 32.2. The summed E-state index contributed by atoms with van der Waals surface area (Å²) in [5, 5.41) is 9.34. The van der Waals surface area contributed by atoms with Crippen molar-refractivity contribution in [2.24, 2.45) is 5.73 Å². The summed E-state index contributed by atoms with van der Waals surface area (Å²) >= 11 is 0. The first-order valence-corrected chi connectivity index (χ1v) is 7.97. The van der Waals surface area contributed by atoms with Gasteiger partial charge in [-0.3, -0.25) is 0 Å². The van der Waals surface area contributed by atoms with E-state index >= 15 is 0 Å². The number of methoxy groups -OCH3 is 1. The van der Waals surface area contributed by atoms with E-state index in [-0.39, 0.29) is 6.54 Å². The van der Waals surface area contributed by atoms with Crippen molar-refractivity contribution in [2.75, 3.05) is 19.9 Å². The van der Waals surface area contributed by atoms with Crippen molar-refractivity contribution in [3.05, 3.63) is 29.8 Å². The van der Waals surface area contributed by atoms with Crippen molar-refractivity contribution in [1.82, 2.24) is 0 Å². The highest BCUT2D eigenvalue weighted by Gasteiger charge is 2.31. The third-order valence-electron chi connectivity index (χ3n) is 3.37. The van der Waals surface area contributed by atoms with E-state index in [1.807, 2.05) is 0 Å². The molecule has 1 rings (SSSR count). The second-order valence-electron chi connectivity index (χ2n) is 4.64. The Hall–Kier alpha value is -1.11. The minimum absolute atomic E-state index is 0.174. The lowest BCUT2D eigenvalue weighted by Crippen LogP contribution is -2.38. The summed E-state index contributed by atoms with van der Waals surface area (Å²) in [6, 6.07) is 7.09. The van der Waals surface area contributed by atoms with Gasteiger partial charge in [-0.25, -0.2) is 8.42 Å². The number of nitrogens with two attached hydrogens (primary N) is 1. The van der Waals surface area contributed by atoms with E-state index in [1.54, 1.807) is 31.4 Å². The van der Waals surface area contributed by atoms with E-state index in [9.17, 15) is 13.5 Å². The SMILES string of the molecule is COc1ccc(C(CN)C(O)C(C)S(C)(=O)=O)cc1. The molecule has 0 radical (unpaired) electrons. The summed E-state index contributed by atoms with van der Waals surface area (Å²) in [6.07, 6.45) is 0.0797. The maximum Gasteiger partial charge on any atom is 0.152 e. The monoisotopic (exact) mass is 287 g/mol. The van der Waals surface area contributed by atoms with Crippen molar-refractivity contribution < 1.29 is 18.3 Å². The van der Waals surface area contributed by atoms with Crippen LogP contribution in [0.1, 0.15) is 18.4 Å². The van der Waals surface area contributed by atoms with Gasteiger partial charge in [0.25, 0.3) is 0 Å². The van der Waals surface area contributed by atoms with E-state index in [0.717, 1.165) is 11.8 Å². The zero-order chi connectivity index (χ0) is 14.6. The Morgan fingerprint density at radius 1 is 1.32 bits per heavy atom. The number of ether oxygens (including phenoxy) is 1. The van der Waals surface area contributed by atoms with Gasteiger partial charge in [0.15, 0.2) is 9.84 Å². The van der Waals surface area contributed by atoms with Gasteiger partial charge in [-0.05, 0) is 24.6 Å². The van der Waals surface area contributed by atoms with Gasteiger partial charge in [0.05, 0.1) is 18.5 Å². The molecule has 0 spiro atoms. The van der Waals surface area contributed by atoms with Crippen LogP contribution >= 0.6 is 0 Å². The Morgan fingerprint density at radius 3 is 2.21 bits per heavy atom. The number of rotatable bonds is 6. The van der Waals surface area contributed by atoms with E-state index in [1.165, 1.54) is 6.92 Å². The molecule has 5 nitrogen and oxygen atoms in total. The lowest BCUT2D eigenvalue weighted by molar-refractivity contribution is 0.144. The zero-order valence-corrected chi connectivity index (χ0v) is 12.2. The average molecular weight is 287 g/mol. The van der Waals surface area contributed by atoms with E-state index in [0.29, 0.717) is 5.75 Å². The molecule has 0 fully saturated rings. The number of benzene rings is 1. The molecule has 108 valence electrons. The molecular formula is C13H21NO4S. The fourth-order valence-corrected chi connectivity index (χ4v) is 2.60. The summed E-state index contributed by atoms with van der Waals surface area (Å²) in [7, 11) is -1.74. The number of aliphatic hydroxyl groups is 1. The topological polar surface area (TPSA) is 89.6 Å². The average Bonchev–Trinajstić information content (AvgIpc) is 2.38. The maximum absolute atomic E-state index is 11.5. The van der Waals surface area contributed by atoms with Gasteiger partial charge in [0.2, 0.25) is 0 Å². The highest BCUT2D eigenvalue weighted by Crippen LogP contribution is 2.25. The molecule has 0 aliphatic carbocycles. The molecule has 1 aromatic rings. The van der Waals surface area contributed by atoms with Crippen LogP contribution in [0.15, 0.2) is 24.3 Å². The van der Waals surface area contributed by atoms with E-state index in [2.05, 4.69) is 0 Å². The van der Waals surface area contributed by atoms with Gasteiger partial charge in [-0.1, -0.05) is 12.1 Å². The molecule has 0 bridgehead atoms. The number of hydrogen-bond donors (Lipinski definition) is 2. The normalized spacial score (nSPS) is 16.7. The number of aliphatic hydroxyl groups excluding tert-OH is 1. The van der Waals surface area contributed by atoms with Crippen LogP contribution in [0.25, 0.3) is 0 Å². The van der Waals surface area contributed by atoms with Crippen molar-refractivity contribution in [3.63, 3.8) is 0 Å². The molecule has 0 heterocycles. The Balaban J connectivity index is 2.99. The fraction of sp³-hybridized carbons (Fsp3) is 0.538. The van der Waals surface area contributed by atoms with Crippen LogP contribution in [0.5, 0.6) is 5.75 Å². The summed E-state index contributed by atoms with van der Waals surface area (Å²) < 4.78 is 28.1. The minimum atomic E-state index is -3.31. The number of hydrogen-bond acceptors (Lipinski definition) is 5. The largest absolute Gasteiger partial charge is 0.497 e. The molecule has 0 saturated heterocycles. The Morgan fingerprint density at radius 2 is 1.84 bits per heavy atom. The molecule has 3 N–H and O–H groups in total. The lowest BCUT2D eigenvalue weighted by atomic mass is 9.92. The molecular weight excluding hydrogens is 266 g/mol. The summed E-state index contributed by atoms with van der Waals surface area (Å²) in [6.45, 7) is 1.67. The Bertz CT molecular complexity index is 498. The van der Waals surface area contributed by atoms with Crippen LogP contribution in [-0.2, 0) is 9.84 Å². The van der Waals surface area contributed by atoms with Crippen molar-refractivity contribution in [2.45, 2.75) is 24.2 Å². The van der Waals surface area contributed by atoms with Crippen molar-refractivity contribution in [1.29, 1.82) is 0 Å². The van der Waals surface area contributed by atoms with Gasteiger partial charge >= 0.3 is 0 Å². The van der Waals surface area contributed by atoms with Gasteiger partial charge in [-0.15, -0.1) is 0 Å². The van der Waals surface area contributed by atoms with Gasteiger partial charge in [0, 0.05) is 18.7 Å². The van der Waals surface area contributed by atoms with E-state index in [4.69, 9.17) is 10.5 Å². The second kappa shape index (κ2) is 6.36. The van der Waals surface area contributed by atoms with E-state index < -0.39 is 27.1 Å². The smallest absolute Gasteiger partial charge is 0.152 e. The third kappa shape index (κ3) is 3.92. The molecule has 0 aromatic heterocycles. The van der Waals surface area contributed by atoms with Gasteiger partial charge < -0.3 is 15.6 Å². The van der Waals surface area contributed by atoms with Crippen LogP contribution < -0.4 is 10.5 Å². The molecule has 3 atom stereocenters. The standard InChI is InChI=1S/C13H21NO4S/c1-9(19(3,16)17)13(15)12(8-14)10-4-6-11(18-2)7-5-10/h4-7,9,12-13,15H,8,14H2,1-3H3. The summed E-state index contributed by atoms with van der Waals surface area (Å²) in [5.41, 5.74) is 6.47. The zero-order valence-electron chi connectivity index (χ0n) is 11.4. The molecule has 0 aliphatic heterocycles. The summed E-state index contributed by atoms with van der Waals surface area (Å²) in [5.74, 6) is 0.279. The Kier molecular flexibility index (Phi) is 5.34. The first kappa shape index (κ1) is 15.9. The fourth-order valence-electron chi connectivity index (χ4n) is 1.90. The molecule has 0 amide bonds. The third-order valence-corrected chi connectivity index (χ3v) is 5.00. The predicted octanol–water partition coefficient (Wildman–Crippen LogP) is 0.532. The predicted molar refractivity (Wildman–Crippen MR) is 75.1 cm³/mol. The molecule has 19 heavy (non-hydrogen) atoms. The van der Waals surface area contributed by atoms with Crippen LogP contribution in [0.4, 0.5) is 0 Å². The lowest BCUT2D eigenvalue weighted by Gasteiger charge is -2.26. The quantitative estimate of drug-likeness (QED) is 0.796. The maximum atomic E-state index is 11.5. The van der Waals surface area contributed by atoms with Crippen molar-refractivity contribution >= 4 is 9.84 Å². The molecule has 0 aliphatic rings.